The van der Waals surface area contributed by atoms with Crippen molar-refractivity contribution < 1.29 is 22.7 Å². The molecule has 0 saturated heterocycles. The van der Waals surface area contributed by atoms with Crippen LogP contribution in [0.4, 0.5) is 18.0 Å². The number of nitrogens with zero attached hydrogens (tertiary/aromatic N) is 2. The number of rotatable bonds is 8. The Balaban J connectivity index is 1.55. The number of carbonyl (C=O) groups excluding carboxylic acids is 1. The van der Waals surface area contributed by atoms with Gasteiger partial charge in [0.25, 0.3) is 0 Å². The predicted molar refractivity (Wildman–Crippen MR) is 131 cm³/mol. The van der Waals surface area contributed by atoms with E-state index < -0.39 is 18.6 Å². The van der Waals surface area contributed by atoms with Crippen LogP contribution in [0.2, 0.25) is 0 Å². The largest absolute Gasteiger partial charge is 0.492 e. The Bertz CT molecular complexity index is 1200. The van der Waals surface area contributed by atoms with E-state index in [2.05, 4.69) is 53.2 Å². The van der Waals surface area contributed by atoms with Crippen LogP contribution in [0.5, 0.6) is 5.75 Å². The van der Waals surface area contributed by atoms with Gasteiger partial charge in [-0.1, -0.05) is 19.1 Å². The van der Waals surface area contributed by atoms with Crippen molar-refractivity contribution in [1.29, 1.82) is 0 Å². The van der Waals surface area contributed by atoms with Crippen molar-refractivity contribution in [2.75, 3.05) is 13.2 Å². The lowest BCUT2D eigenvalue weighted by Crippen LogP contribution is -2.44. The Kier molecular flexibility index (Phi) is 7.28. The molecule has 0 aliphatic carbocycles. The van der Waals surface area contributed by atoms with Crippen LogP contribution in [-0.4, -0.2) is 40.7 Å². The van der Waals surface area contributed by atoms with Gasteiger partial charge in [0.1, 0.15) is 5.75 Å². The third kappa shape index (κ3) is 5.74. The van der Waals surface area contributed by atoms with Gasteiger partial charge in [0.05, 0.1) is 6.61 Å². The summed E-state index contributed by atoms with van der Waals surface area (Å²) in [5.41, 5.74) is 6.43. The van der Waals surface area contributed by atoms with E-state index in [4.69, 9.17) is 4.74 Å². The highest BCUT2D eigenvalue weighted by molar-refractivity contribution is 5.77. The number of carbonyl (C=O) groups is 1. The molecule has 35 heavy (non-hydrogen) atoms. The molecule has 3 heterocycles. The second kappa shape index (κ2) is 10.2. The number of amides is 2. The van der Waals surface area contributed by atoms with Crippen molar-refractivity contribution in [3.05, 3.63) is 59.4 Å². The van der Waals surface area contributed by atoms with Gasteiger partial charge in [-0.25, -0.2) is 4.79 Å². The first-order valence-electron chi connectivity index (χ1n) is 12.2. The van der Waals surface area contributed by atoms with Crippen molar-refractivity contribution in [3.8, 4) is 16.9 Å². The maximum atomic E-state index is 12.9. The van der Waals surface area contributed by atoms with Gasteiger partial charge < -0.3 is 19.4 Å². The second-order valence-electron chi connectivity index (χ2n) is 9.16. The summed E-state index contributed by atoms with van der Waals surface area (Å²) in [6.07, 6.45) is 0.108. The highest BCUT2D eigenvalue weighted by Crippen LogP contribution is 2.38. The number of pyridine rings is 1. The lowest BCUT2D eigenvalue weighted by Gasteiger charge is -2.26. The molecule has 8 heteroatoms. The summed E-state index contributed by atoms with van der Waals surface area (Å²) in [7, 11) is 0. The summed E-state index contributed by atoms with van der Waals surface area (Å²) in [6.45, 7) is 7.16. The van der Waals surface area contributed by atoms with Crippen molar-refractivity contribution >= 4 is 11.5 Å². The molecule has 2 amide bonds. The van der Waals surface area contributed by atoms with E-state index in [1.807, 2.05) is 13.1 Å². The number of urea groups is 1. The number of halogens is 3. The number of aromatic nitrogens is 1. The van der Waals surface area contributed by atoms with Gasteiger partial charge in [0, 0.05) is 61.0 Å². The zero-order valence-corrected chi connectivity index (χ0v) is 20.4. The van der Waals surface area contributed by atoms with Gasteiger partial charge in [0.15, 0.2) is 0 Å². The lowest BCUT2D eigenvalue weighted by atomic mass is 9.98. The molecule has 1 atom stereocenters. The number of fused-ring (bicyclic) bond motifs is 2. The fourth-order valence-electron chi connectivity index (χ4n) is 4.62. The number of nitrogens with one attached hydrogen (secondary N) is 1. The van der Waals surface area contributed by atoms with Crippen LogP contribution in [0.1, 0.15) is 49.8 Å². The Hall–Kier alpha value is -3.16. The number of alkyl halides is 3. The monoisotopic (exact) mass is 487 g/mol. The van der Waals surface area contributed by atoms with Crippen LogP contribution >= 0.6 is 0 Å². The zero-order valence-electron chi connectivity index (χ0n) is 20.4. The highest BCUT2D eigenvalue weighted by Gasteiger charge is 2.29. The van der Waals surface area contributed by atoms with E-state index >= 15 is 0 Å². The number of ether oxygens (including phenoxy) is 1. The fraction of sp³-hybridized carbons (Fsp3) is 0.444. The van der Waals surface area contributed by atoms with Gasteiger partial charge in [-0.05, 0) is 61.6 Å². The first-order chi connectivity index (χ1) is 16.7. The topological polar surface area (TPSA) is 46.0 Å². The Morgan fingerprint density at radius 1 is 1.23 bits per heavy atom. The lowest BCUT2D eigenvalue weighted by molar-refractivity contribution is -0.136. The molecule has 0 unspecified atom stereocenters. The molecular formula is C27H32F3N3O2. The molecule has 0 saturated carbocycles. The van der Waals surface area contributed by atoms with Crippen molar-refractivity contribution in [3.63, 3.8) is 0 Å². The van der Waals surface area contributed by atoms with E-state index in [0.29, 0.717) is 26.1 Å². The van der Waals surface area contributed by atoms with Crippen molar-refractivity contribution in [1.82, 2.24) is 14.6 Å². The van der Waals surface area contributed by atoms with E-state index in [-0.39, 0.29) is 12.5 Å². The van der Waals surface area contributed by atoms with E-state index in [1.54, 1.807) is 11.8 Å². The van der Waals surface area contributed by atoms with E-state index in [9.17, 15) is 18.0 Å². The normalized spacial score (nSPS) is 14.0. The van der Waals surface area contributed by atoms with Crippen LogP contribution in [0.25, 0.3) is 16.6 Å². The summed E-state index contributed by atoms with van der Waals surface area (Å²) in [5.74, 6) is 0.877. The maximum Gasteiger partial charge on any atom is 0.389 e. The van der Waals surface area contributed by atoms with Crippen LogP contribution in [0, 0.1) is 6.92 Å². The Labute approximate surface area is 203 Å². The molecule has 0 fully saturated rings. The van der Waals surface area contributed by atoms with Gasteiger partial charge in [-0.2, -0.15) is 13.2 Å². The molecule has 1 aliphatic heterocycles. The van der Waals surface area contributed by atoms with Crippen molar-refractivity contribution in [2.24, 2.45) is 0 Å². The standard InChI is InChI=1S/C27H32F3N3O2/c1-4-22(8-11-27(28,29)30)31-26(34)32(5-2)16-19-14-20-10-13-35-25(20)23(15-19)21-6-7-24-18(3)9-12-33(24)17-21/h6-7,9,12,14-15,17,22H,4-5,8,10-11,13,16H2,1-3H3,(H,31,34)/t22-/m1/s1. The molecule has 188 valence electrons. The van der Waals surface area contributed by atoms with E-state index in [1.165, 1.54) is 5.56 Å². The molecule has 0 bridgehead atoms. The molecule has 2 aromatic heterocycles. The third-order valence-corrected chi connectivity index (χ3v) is 6.66. The molecular weight excluding hydrogens is 455 g/mol. The molecule has 0 radical (unpaired) electrons. The minimum Gasteiger partial charge on any atom is -0.492 e. The van der Waals surface area contributed by atoms with Crippen LogP contribution < -0.4 is 10.1 Å². The molecule has 1 N–H and O–H groups in total. The summed E-state index contributed by atoms with van der Waals surface area (Å²) in [4.78, 5) is 14.6. The third-order valence-electron chi connectivity index (χ3n) is 6.66. The van der Waals surface area contributed by atoms with Gasteiger partial charge >= 0.3 is 12.2 Å². The summed E-state index contributed by atoms with van der Waals surface area (Å²) < 4.78 is 46.0. The van der Waals surface area contributed by atoms with E-state index in [0.717, 1.165) is 39.9 Å². The Morgan fingerprint density at radius 3 is 2.74 bits per heavy atom. The average Bonchev–Trinajstić information content (AvgIpc) is 3.45. The quantitative estimate of drug-likeness (QED) is 0.394. The smallest absolute Gasteiger partial charge is 0.389 e. The zero-order chi connectivity index (χ0) is 25.2. The van der Waals surface area contributed by atoms with Crippen LogP contribution in [0.3, 0.4) is 0 Å². The molecule has 1 aromatic carbocycles. The SMILES string of the molecule is CC[C@H](CCC(F)(F)F)NC(=O)N(CC)Cc1cc2c(c(-c3ccc4c(C)ccn4c3)c1)OCC2. The molecule has 5 nitrogen and oxygen atoms in total. The summed E-state index contributed by atoms with van der Waals surface area (Å²) in [6, 6.07) is 9.52. The maximum absolute atomic E-state index is 12.9. The number of hydrogen-bond donors (Lipinski definition) is 1. The predicted octanol–water partition coefficient (Wildman–Crippen LogP) is 6.50. The van der Waals surface area contributed by atoms with Gasteiger partial charge in [-0.15, -0.1) is 0 Å². The second-order valence-corrected chi connectivity index (χ2v) is 9.16. The first-order valence-corrected chi connectivity index (χ1v) is 12.2. The Morgan fingerprint density at radius 2 is 2.03 bits per heavy atom. The number of aryl methyl sites for hydroxylation is 1. The average molecular weight is 488 g/mol. The summed E-state index contributed by atoms with van der Waals surface area (Å²) >= 11 is 0. The van der Waals surface area contributed by atoms with Gasteiger partial charge in [0.2, 0.25) is 0 Å². The van der Waals surface area contributed by atoms with Crippen molar-refractivity contribution in [2.45, 2.75) is 65.2 Å². The molecule has 3 aromatic rings. The van der Waals surface area contributed by atoms with Crippen LogP contribution in [0.15, 0.2) is 42.7 Å². The molecule has 1 aliphatic rings. The number of hydrogen-bond acceptors (Lipinski definition) is 2. The fourth-order valence-corrected chi connectivity index (χ4v) is 4.62. The molecule has 0 spiro atoms. The first kappa shape index (κ1) is 24.9. The van der Waals surface area contributed by atoms with Gasteiger partial charge in [-0.3, -0.25) is 0 Å². The van der Waals surface area contributed by atoms with Crippen LogP contribution in [-0.2, 0) is 13.0 Å². The minimum absolute atomic E-state index is 0.120. The minimum atomic E-state index is -4.23. The number of benzene rings is 1. The molecule has 4 rings (SSSR count). The highest BCUT2D eigenvalue weighted by atomic mass is 19.4. The summed E-state index contributed by atoms with van der Waals surface area (Å²) in [5, 5.41) is 2.79.